The van der Waals surface area contributed by atoms with E-state index in [2.05, 4.69) is 15.2 Å². The monoisotopic (exact) mass is 383 g/mol. The van der Waals surface area contributed by atoms with Gasteiger partial charge < -0.3 is 14.8 Å². The van der Waals surface area contributed by atoms with Gasteiger partial charge in [0.05, 0.1) is 12.2 Å². The fourth-order valence-corrected chi connectivity index (χ4v) is 3.71. The Hall–Kier alpha value is -2.67. The zero-order valence-corrected chi connectivity index (χ0v) is 15.9. The van der Waals surface area contributed by atoms with Gasteiger partial charge in [-0.25, -0.2) is 4.98 Å². The number of amides is 1. The Morgan fingerprint density at radius 2 is 1.96 bits per heavy atom. The molecule has 0 radical (unpaired) electrons. The van der Waals surface area contributed by atoms with Gasteiger partial charge in [0.15, 0.2) is 0 Å². The van der Waals surface area contributed by atoms with E-state index >= 15 is 0 Å². The highest BCUT2D eigenvalue weighted by molar-refractivity contribution is 5.93. The largest absolute Gasteiger partial charge is 0.480 e. The van der Waals surface area contributed by atoms with Crippen molar-refractivity contribution in [3.8, 4) is 11.5 Å². The molecule has 2 aromatic rings. The Bertz CT molecular complexity index is 854. The van der Waals surface area contributed by atoms with Gasteiger partial charge in [0.1, 0.15) is 0 Å². The smallest absolute Gasteiger partial charge is 0.317 e. The van der Waals surface area contributed by atoms with Crippen LogP contribution >= 0.6 is 0 Å². The van der Waals surface area contributed by atoms with Gasteiger partial charge >= 0.3 is 5.97 Å². The summed E-state index contributed by atoms with van der Waals surface area (Å²) in [5.41, 5.74) is 1.39. The van der Waals surface area contributed by atoms with Crippen LogP contribution in [0, 0.1) is 12.8 Å². The maximum Gasteiger partial charge on any atom is 0.317 e. The summed E-state index contributed by atoms with van der Waals surface area (Å²) in [5, 5.41) is 12.1. The zero-order chi connectivity index (χ0) is 19.7. The average molecular weight is 383 g/mol. The number of carbonyl (C=O) groups is 2. The molecule has 0 saturated heterocycles. The van der Waals surface area contributed by atoms with Gasteiger partial charge in [-0.3, -0.25) is 14.5 Å². The molecular formula is C21H25N3O4. The first kappa shape index (κ1) is 18.7. The van der Waals surface area contributed by atoms with E-state index in [-0.39, 0.29) is 30.3 Å². The van der Waals surface area contributed by atoms with E-state index in [1.54, 1.807) is 6.92 Å². The molecular weight excluding hydrogens is 358 g/mol. The van der Waals surface area contributed by atoms with Gasteiger partial charge in [-0.15, -0.1) is 0 Å². The number of carboxylic acid groups (broad SMARTS) is 1. The van der Waals surface area contributed by atoms with E-state index in [1.807, 2.05) is 30.3 Å². The minimum Gasteiger partial charge on any atom is -0.480 e. The highest BCUT2D eigenvalue weighted by Gasteiger charge is 2.38. The second kappa shape index (κ2) is 7.75. The van der Waals surface area contributed by atoms with E-state index in [1.165, 1.54) is 12.8 Å². The summed E-state index contributed by atoms with van der Waals surface area (Å²) in [6.45, 7) is 2.68. The summed E-state index contributed by atoms with van der Waals surface area (Å²) in [4.78, 5) is 30.1. The first-order valence-corrected chi connectivity index (χ1v) is 9.79. The number of benzene rings is 1. The van der Waals surface area contributed by atoms with Crippen LogP contribution in [-0.4, -0.2) is 52.0 Å². The molecule has 2 saturated carbocycles. The molecule has 0 unspecified atom stereocenters. The predicted octanol–water partition coefficient (Wildman–Crippen LogP) is 2.71. The summed E-state index contributed by atoms with van der Waals surface area (Å²) >= 11 is 0. The topological polar surface area (TPSA) is 95.7 Å². The summed E-state index contributed by atoms with van der Waals surface area (Å²) in [7, 11) is 0. The second-order valence-corrected chi connectivity index (χ2v) is 7.86. The molecule has 0 aliphatic heterocycles. The van der Waals surface area contributed by atoms with E-state index in [0.29, 0.717) is 17.5 Å². The lowest BCUT2D eigenvalue weighted by Crippen LogP contribution is -2.55. The minimum atomic E-state index is -0.793. The van der Waals surface area contributed by atoms with Crippen LogP contribution in [0.25, 0.3) is 11.5 Å². The number of aryl methyl sites for hydroxylation is 1. The van der Waals surface area contributed by atoms with E-state index < -0.39 is 5.97 Å². The molecule has 0 spiro atoms. The normalized spacial score (nSPS) is 21.4. The third kappa shape index (κ3) is 4.25. The molecule has 7 nitrogen and oxygen atoms in total. The Labute approximate surface area is 163 Å². The molecule has 1 aromatic carbocycles. The molecule has 28 heavy (non-hydrogen) atoms. The van der Waals surface area contributed by atoms with E-state index in [4.69, 9.17) is 9.52 Å². The molecule has 2 aliphatic rings. The number of rotatable bonds is 8. The van der Waals surface area contributed by atoms with E-state index in [9.17, 15) is 9.59 Å². The van der Waals surface area contributed by atoms with E-state index in [0.717, 1.165) is 24.9 Å². The first-order chi connectivity index (χ1) is 13.5. The van der Waals surface area contributed by atoms with Gasteiger partial charge in [0, 0.05) is 24.2 Å². The molecule has 148 valence electrons. The highest BCUT2D eigenvalue weighted by atomic mass is 16.4. The van der Waals surface area contributed by atoms with Crippen molar-refractivity contribution in [1.29, 1.82) is 0 Å². The lowest BCUT2D eigenvalue weighted by molar-refractivity contribution is -0.139. The molecule has 4 rings (SSSR count). The number of hydrogen-bond acceptors (Lipinski definition) is 5. The lowest BCUT2D eigenvalue weighted by atomic mass is 9.85. The van der Waals surface area contributed by atoms with Gasteiger partial charge in [-0.2, -0.15) is 0 Å². The molecule has 2 aliphatic carbocycles. The van der Waals surface area contributed by atoms with Crippen molar-refractivity contribution >= 4 is 11.9 Å². The third-order valence-electron chi connectivity index (χ3n) is 5.52. The molecule has 0 atom stereocenters. The maximum absolute atomic E-state index is 12.6. The molecule has 1 amide bonds. The number of carbonyl (C=O) groups excluding carboxylic acids is 1. The van der Waals surface area contributed by atoms with Crippen LogP contribution in [0.15, 0.2) is 34.7 Å². The third-order valence-corrected chi connectivity index (χ3v) is 5.52. The van der Waals surface area contributed by atoms with Gasteiger partial charge in [-0.1, -0.05) is 18.2 Å². The lowest BCUT2D eigenvalue weighted by Gasteiger charge is -2.42. The van der Waals surface area contributed by atoms with Gasteiger partial charge in [0.2, 0.25) is 11.7 Å². The van der Waals surface area contributed by atoms with Crippen LogP contribution in [0.2, 0.25) is 0 Å². The first-order valence-electron chi connectivity index (χ1n) is 9.79. The van der Waals surface area contributed by atoms with Crippen LogP contribution in [-0.2, 0) is 4.79 Å². The molecule has 2 fully saturated rings. The number of hydrogen-bond donors (Lipinski definition) is 2. The second-order valence-electron chi connectivity index (χ2n) is 7.86. The fraction of sp³-hybridized carbons (Fsp3) is 0.476. The summed E-state index contributed by atoms with van der Waals surface area (Å²) < 4.78 is 5.71. The van der Waals surface area contributed by atoms with Crippen molar-refractivity contribution in [2.24, 2.45) is 5.92 Å². The fourth-order valence-electron chi connectivity index (χ4n) is 3.71. The van der Waals surface area contributed by atoms with Crippen molar-refractivity contribution in [3.05, 3.63) is 41.8 Å². The van der Waals surface area contributed by atoms with Crippen LogP contribution in [0.5, 0.6) is 0 Å². The summed E-state index contributed by atoms with van der Waals surface area (Å²) in [6, 6.07) is 9.74. The molecule has 7 heteroatoms. The van der Waals surface area contributed by atoms with Crippen molar-refractivity contribution in [2.45, 2.75) is 44.7 Å². The molecule has 1 aromatic heterocycles. The van der Waals surface area contributed by atoms with Crippen LogP contribution in [0.3, 0.4) is 0 Å². The molecule has 1 heterocycles. The van der Waals surface area contributed by atoms with Gasteiger partial charge in [-0.05, 0) is 50.7 Å². The Morgan fingerprint density at radius 1 is 1.25 bits per heavy atom. The number of nitrogens with zero attached hydrogens (tertiary/aromatic N) is 2. The van der Waals surface area contributed by atoms with Crippen molar-refractivity contribution in [3.63, 3.8) is 0 Å². The van der Waals surface area contributed by atoms with Crippen molar-refractivity contribution in [1.82, 2.24) is 15.2 Å². The van der Waals surface area contributed by atoms with Gasteiger partial charge in [0.25, 0.3) is 5.91 Å². The standard InChI is InChI=1S/C21H25N3O4/c1-13-19(28-21(22-13)15-5-3-2-4-6-15)20(27)23-16-9-17(10-16)24(12-18(25)26)11-14-7-8-14/h2-6,14,16-17H,7-12H2,1H3,(H,23,27)(H,25,26). The number of carboxylic acids is 1. The molecule has 0 bridgehead atoms. The number of oxazole rings is 1. The van der Waals surface area contributed by atoms with Crippen molar-refractivity contribution < 1.29 is 19.1 Å². The predicted molar refractivity (Wildman–Crippen MR) is 103 cm³/mol. The van der Waals surface area contributed by atoms with Crippen LogP contribution in [0.1, 0.15) is 41.9 Å². The maximum atomic E-state index is 12.6. The summed E-state index contributed by atoms with van der Waals surface area (Å²) in [6.07, 6.45) is 3.92. The molecule has 2 N–H and O–H groups in total. The Balaban J connectivity index is 1.34. The SMILES string of the molecule is Cc1nc(-c2ccccc2)oc1C(=O)NC1CC(N(CC(=O)O)CC2CC2)C1. The number of aromatic nitrogens is 1. The Kier molecular flexibility index (Phi) is 5.17. The number of nitrogens with one attached hydrogen (secondary N) is 1. The van der Waals surface area contributed by atoms with Crippen LogP contribution in [0.4, 0.5) is 0 Å². The minimum absolute atomic E-state index is 0.0395. The average Bonchev–Trinajstić information content (AvgIpc) is 3.36. The highest BCUT2D eigenvalue weighted by Crippen LogP contribution is 2.34. The Morgan fingerprint density at radius 3 is 2.61 bits per heavy atom. The quantitative estimate of drug-likeness (QED) is 0.728. The zero-order valence-electron chi connectivity index (χ0n) is 15.9. The van der Waals surface area contributed by atoms with Crippen LogP contribution < -0.4 is 5.32 Å². The summed E-state index contributed by atoms with van der Waals surface area (Å²) in [5.74, 6) is 0.261. The van der Waals surface area contributed by atoms with Crippen molar-refractivity contribution in [2.75, 3.05) is 13.1 Å². The number of aliphatic carboxylic acids is 1.